The van der Waals surface area contributed by atoms with Gasteiger partial charge in [-0.2, -0.15) is 0 Å². The van der Waals surface area contributed by atoms with Crippen molar-refractivity contribution in [3.8, 4) is 0 Å². The van der Waals surface area contributed by atoms with Crippen molar-refractivity contribution in [2.24, 2.45) is 0 Å². The molecular formula is C11H18N2O. The zero-order valence-corrected chi connectivity index (χ0v) is 8.62. The maximum Gasteiger partial charge on any atom is 0.0945 e. The first kappa shape index (κ1) is 9.74. The molecule has 0 bridgehead atoms. The highest BCUT2D eigenvalue weighted by Gasteiger charge is 2.15. The van der Waals surface area contributed by atoms with Crippen LogP contribution in [0.15, 0.2) is 18.3 Å². The van der Waals surface area contributed by atoms with Crippen molar-refractivity contribution in [3.63, 3.8) is 0 Å². The molecule has 0 unspecified atom stereocenters. The predicted molar refractivity (Wildman–Crippen MR) is 56.2 cm³/mol. The van der Waals surface area contributed by atoms with Crippen molar-refractivity contribution in [2.45, 2.75) is 31.9 Å². The van der Waals surface area contributed by atoms with E-state index in [-0.39, 0.29) is 6.10 Å². The molecule has 2 rings (SSSR count). The first-order chi connectivity index (χ1) is 6.86. The van der Waals surface area contributed by atoms with E-state index >= 15 is 0 Å². The minimum atomic E-state index is 0.174. The van der Waals surface area contributed by atoms with Crippen LogP contribution in [0.25, 0.3) is 0 Å². The number of rotatable bonds is 4. The molecule has 1 aliphatic rings. The monoisotopic (exact) mass is 194 g/mol. The van der Waals surface area contributed by atoms with Crippen LogP contribution in [0.5, 0.6) is 0 Å². The SMILES string of the molecule is C[C@H](OC[C@H]1CCCN1)c1ccc[nH]1. The fourth-order valence-corrected chi connectivity index (χ4v) is 1.85. The van der Waals surface area contributed by atoms with Gasteiger partial charge < -0.3 is 15.0 Å². The number of aromatic nitrogens is 1. The van der Waals surface area contributed by atoms with Crippen LogP contribution >= 0.6 is 0 Å². The fourth-order valence-electron chi connectivity index (χ4n) is 1.85. The lowest BCUT2D eigenvalue weighted by molar-refractivity contribution is 0.0502. The normalized spacial score (nSPS) is 23.9. The molecule has 14 heavy (non-hydrogen) atoms. The number of hydrogen-bond acceptors (Lipinski definition) is 2. The van der Waals surface area contributed by atoms with Crippen LogP contribution in [-0.2, 0) is 4.74 Å². The van der Waals surface area contributed by atoms with E-state index in [1.807, 2.05) is 12.3 Å². The van der Waals surface area contributed by atoms with Gasteiger partial charge >= 0.3 is 0 Å². The van der Waals surface area contributed by atoms with Crippen molar-refractivity contribution >= 4 is 0 Å². The lowest BCUT2D eigenvalue weighted by atomic mass is 10.2. The van der Waals surface area contributed by atoms with Crippen molar-refractivity contribution < 1.29 is 4.74 Å². The number of nitrogens with one attached hydrogen (secondary N) is 2. The molecule has 0 aliphatic carbocycles. The van der Waals surface area contributed by atoms with Gasteiger partial charge in [0.25, 0.3) is 0 Å². The second kappa shape index (κ2) is 4.62. The van der Waals surface area contributed by atoms with Gasteiger partial charge in [-0.1, -0.05) is 0 Å². The van der Waals surface area contributed by atoms with E-state index in [0.29, 0.717) is 6.04 Å². The zero-order chi connectivity index (χ0) is 9.80. The van der Waals surface area contributed by atoms with Crippen LogP contribution in [0, 0.1) is 0 Å². The number of H-pyrrole nitrogens is 1. The molecule has 3 heteroatoms. The van der Waals surface area contributed by atoms with E-state index in [1.165, 1.54) is 12.8 Å². The fraction of sp³-hybridized carbons (Fsp3) is 0.636. The highest BCUT2D eigenvalue weighted by molar-refractivity contribution is 5.06. The summed E-state index contributed by atoms with van der Waals surface area (Å²) in [5.74, 6) is 0. The maximum absolute atomic E-state index is 5.78. The van der Waals surface area contributed by atoms with Crippen LogP contribution in [-0.4, -0.2) is 24.2 Å². The zero-order valence-electron chi connectivity index (χ0n) is 8.62. The molecule has 1 saturated heterocycles. The van der Waals surface area contributed by atoms with Gasteiger partial charge in [-0.25, -0.2) is 0 Å². The molecule has 2 atom stereocenters. The van der Waals surface area contributed by atoms with E-state index in [4.69, 9.17) is 4.74 Å². The summed E-state index contributed by atoms with van der Waals surface area (Å²) in [6.45, 7) is 4.05. The Labute approximate surface area is 84.9 Å². The molecule has 0 spiro atoms. The average molecular weight is 194 g/mol. The molecule has 2 N–H and O–H groups in total. The second-order valence-corrected chi connectivity index (χ2v) is 3.89. The Morgan fingerprint density at radius 1 is 1.64 bits per heavy atom. The van der Waals surface area contributed by atoms with Crippen molar-refractivity contribution in [2.75, 3.05) is 13.2 Å². The van der Waals surface area contributed by atoms with E-state index in [0.717, 1.165) is 18.8 Å². The molecule has 0 radical (unpaired) electrons. The molecule has 1 fully saturated rings. The molecular weight excluding hydrogens is 176 g/mol. The minimum absolute atomic E-state index is 0.174. The number of hydrogen-bond donors (Lipinski definition) is 2. The average Bonchev–Trinajstić information content (AvgIpc) is 2.87. The van der Waals surface area contributed by atoms with E-state index in [1.54, 1.807) is 0 Å². The van der Waals surface area contributed by atoms with Gasteiger partial charge in [-0.3, -0.25) is 0 Å². The van der Waals surface area contributed by atoms with Gasteiger partial charge in [0, 0.05) is 17.9 Å². The summed E-state index contributed by atoms with van der Waals surface area (Å²) in [6, 6.07) is 4.63. The Hall–Kier alpha value is -0.800. The third-order valence-corrected chi connectivity index (χ3v) is 2.77. The summed E-state index contributed by atoms with van der Waals surface area (Å²) in [5, 5.41) is 3.42. The van der Waals surface area contributed by atoms with Crippen molar-refractivity contribution in [3.05, 3.63) is 24.0 Å². The molecule has 1 aromatic rings. The number of ether oxygens (including phenoxy) is 1. The lowest BCUT2D eigenvalue weighted by Gasteiger charge is -2.15. The third-order valence-electron chi connectivity index (χ3n) is 2.77. The van der Waals surface area contributed by atoms with E-state index in [2.05, 4.69) is 23.3 Å². The Kier molecular flexibility index (Phi) is 3.22. The molecule has 3 nitrogen and oxygen atoms in total. The van der Waals surface area contributed by atoms with Crippen molar-refractivity contribution in [1.82, 2.24) is 10.3 Å². The largest absolute Gasteiger partial charge is 0.371 e. The van der Waals surface area contributed by atoms with Crippen LogP contribution < -0.4 is 5.32 Å². The summed E-state index contributed by atoms with van der Waals surface area (Å²) in [7, 11) is 0. The van der Waals surface area contributed by atoms with Crippen LogP contribution in [0.2, 0.25) is 0 Å². The maximum atomic E-state index is 5.78. The summed E-state index contributed by atoms with van der Waals surface area (Å²) in [5.41, 5.74) is 1.16. The first-order valence-electron chi connectivity index (χ1n) is 5.34. The molecule has 78 valence electrons. The van der Waals surface area contributed by atoms with Crippen LogP contribution in [0.3, 0.4) is 0 Å². The Morgan fingerprint density at radius 2 is 2.57 bits per heavy atom. The van der Waals surface area contributed by atoms with Gasteiger partial charge in [-0.05, 0) is 38.4 Å². The molecule has 0 amide bonds. The summed E-state index contributed by atoms with van der Waals surface area (Å²) in [6.07, 6.45) is 4.64. The van der Waals surface area contributed by atoms with Gasteiger partial charge in [0.2, 0.25) is 0 Å². The molecule has 1 aromatic heterocycles. The summed E-state index contributed by atoms with van der Waals surface area (Å²) in [4.78, 5) is 3.17. The molecule has 2 heterocycles. The quantitative estimate of drug-likeness (QED) is 0.767. The van der Waals surface area contributed by atoms with E-state index in [9.17, 15) is 0 Å². The van der Waals surface area contributed by atoms with Gasteiger partial charge in [0.15, 0.2) is 0 Å². The summed E-state index contributed by atoms with van der Waals surface area (Å²) >= 11 is 0. The lowest BCUT2D eigenvalue weighted by Crippen LogP contribution is -2.27. The van der Waals surface area contributed by atoms with Crippen LogP contribution in [0.4, 0.5) is 0 Å². The Morgan fingerprint density at radius 3 is 3.21 bits per heavy atom. The van der Waals surface area contributed by atoms with Gasteiger partial charge in [-0.15, -0.1) is 0 Å². The minimum Gasteiger partial charge on any atom is -0.371 e. The molecule has 1 aliphatic heterocycles. The highest BCUT2D eigenvalue weighted by Crippen LogP contribution is 2.15. The predicted octanol–water partition coefficient (Wildman–Crippen LogP) is 1.84. The second-order valence-electron chi connectivity index (χ2n) is 3.89. The molecule has 0 aromatic carbocycles. The Bertz CT molecular complexity index is 252. The van der Waals surface area contributed by atoms with Crippen LogP contribution in [0.1, 0.15) is 31.6 Å². The number of aromatic amines is 1. The Balaban J connectivity index is 1.74. The smallest absolute Gasteiger partial charge is 0.0945 e. The standard InChI is InChI=1S/C11H18N2O/c1-9(11-5-3-7-13-11)14-8-10-4-2-6-12-10/h3,5,7,9-10,12-13H,2,4,6,8H2,1H3/t9-,10+/m0/s1. The van der Waals surface area contributed by atoms with Crippen molar-refractivity contribution in [1.29, 1.82) is 0 Å². The van der Waals surface area contributed by atoms with Gasteiger partial charge in [0.1, 0.15) is 0 Å². The topological polar surface area (TPSA) is 37.0 Å². The summed E-state index contributed by atoms with van der Waals surface area (Å²) < 4.78 is 5.78. The van der Waals surface area contributed by atoms with Gasteiger partial charge in [0.05, 0.1) is 12.7 Å². The molecule has 0 saturated carbocycles. The van der Waals surface area contributed by atoms with E-state index < -0.39 is 0 Å². The third kappa shape index (κ3) is 2.36. The highest BCUT2D eigenvalue weighted by atomic mass is 16.5. The first-order valence-corrected chi connectivity index (χ1v) is 5.34.